The van der Waals surface area contributed by atoms with Crippen molar-refractivity contribution in [3.63, 3.8) is 0 Å². The number of fused-ring (bicyclic) bond motifs is 4. The van der Waals surface area contributed by atoms with Gasteiger partial charge in [0.1, 0.15) is 0 Å². The van der Waals surface area contributed by atoms with E-state index in [1.807, 2.05) is 0 Å². The van der Waals surface area contributed by atoms with E-state index in [9.17, 15) is 0 Å². The third kappa shape index (κ3) is 3.88. The zero-order chi connectivity index (χ0) is 31.3. The molecule has 0 heteroatoms. The average Bonchev–Trinajstić information content (AvgIpc) is 3.35. The van der Waals surface area contributed by atoms with Crippen LogP contribution in [-0.2, 0) is 5.41 Å². The summed E-state index contributed by atoms with van der Waals surface area (Å²) < 4.78 is 0. The van der Waals surface area contributed by atoms with Crippen LogP contribution >= 0.6 is 0 Å². The molecule has 47 heavy (non-hydrogen) atoms. The van der Waals surface area contributed by atoms with Crippen LogP contribution in [0.3, 0.4) is 0 Å². The molecule has 1 atom stereocenters. The van der Waals surface area contributed by atoms with Crippen molar-refractivity contribution in [1.29, 1.82) is 0 Å². The Labute approximate surface area is 276 Å². The fourth-order valence-corrected chi connectivity index (χ4v) is 8.73. The Morgan fingerprint density at radius 2 is 1.17 bits per heavy atom. The maximum absolute atomic E-state index is 2.45. The van der Waals surface area contributed by atoms with Crippen LogP contribution < -0.4 is 0 Å². The second-order valence-corrected chi connectivity index (χ2v) is 14.1. The Hall–Kier alpha value is -5.46. The molecule has 0 saturated carbocycles. The van der Waals surface area contributed by atoms with Gasteiger partial charge in [0.2, 0.25) is 0 Å². The van der Waals surface area contributed by atoms with Crippen molar-refractivity contribution in [3.05, 3.63) is 167 Å². The fraction of sp³-hybridized carbons (Fsp3) is 0.106. The Morgan fingerprint density at radius 1 is 0.511 bits per heavy atom. The van der Waals surface area contributed by atoms with Crippen molar-refractivity contribution >= 4 is 33.7 Å². The maximum Gasteiger partial charge on any atom is 0.0159 e. The van der Waals surface area contributed by atoms with E-state index in [1.54, 1.807) is 0 Å². The zero-order valence-corrected chi connectivity index (χ0v) is 26.7. The maximum atomic E-state index is 2.45. The lowest BCUT2D eigenvalue weighted by molar-refractivity contribution is 0.661. The van der Waals surface area contributed by atoms with Gasteiger partial charge < -0.3 is 0 Å². The smallest absolute Gasteiger partial charge is 0.0159 e. The summed E-state index contributed by atoms with van der Waals surface area (Å²) in [5.74, 6) is 0.481. The molecule has 0 bridgehead atoms. The quantitative estimate of drug-likeness (QED) is 0.190. The summed E-state index contributed by atoms with van der Waals surface area (Å²) in [5.41, 5.74) is 17.3. The van der Waals surface area contributed by atoms with E-state index in [4.69, 9.17) is 0 Å². The Bertz CT molecular complexity index is 2510. The molecule has 0 spiro atoms. The van der Waals surface area contributed by atoms with Gasteiger partial charge >= 0.3 is 0 Å². The van der Waals surface area contributed by atoms with Gasteiger partial charge in [0.05, 0.1) is 0 Å². The zero-order valence-electron chi connectivity index (χ0n) is 26.7. The predicted molar refractivity (Wildman–Crippen MR) is 201 cm³/mol. The summed E-state index contributed by atoms with van der Waals surface area (Å²) in [6.45, 7) is 4.78. The molecule has 0 amide bonds. The second-order valence-electron chi connectivity index (χ2n) is 14.1. The first-order valence-electron chi connectivity index (χ1n) is 16.9. The van der Waals surface area contributed by atoms with Gasteiger partial charge in [-0.2, -0.15) is 0 Å². The van der Waals surface area contributed by atoms with Crippen molar-refractivity contribution in [2.75, 3.05) is 0 Å². The highest BCUT2D eigenvalue weighted by atomic mass is 14.4. The Morgan fingerprint density at radius 3 is 2.06 bits per heavy atom. The van der Waals surface area contributed by atoms with Crippen LogP contribution in [0.2, 0.25) is 0 Å². The van der Waals surface area contributed by atoms with Crippen LogP contribution in [0.15, 0.2) is 140 Å². The van der Waals surface area contributed by atoms with Crippen molar-refractivity contribution in [2.24, 2.45) is 0 Å². The largest absolute Gasteiger partial charge is 0.0830 e. The number of hydrogen-bond acceptors (Lipinski definition) is 0. The van der Waals surface area contributed by atoms with Gasteiger partial charge in [-0.3, -0.25) is 0 Å². The topological polar surface area (TPSA) is 0 Å². The highest BCUT2D eigenvalue weighted by molar-refractivity contribution is 6.06. The summed E-state index contributed by atoms with van der Waals surface area (Å²) in [4.78, 5) is 0. The predicted octanol–water partition coefficient (Wildman–Crippen LogP) is 12.8. The summed E-state index contributed by atoms with van der Waals surface area (Å²) in [6.07, 6.45) is 10.4. The van der Waals surface area contributed by atoms with Crippen molar-refractivity contribution < 1.29 is 0 Å². The molecule has 0 N–H and O–H groups in total. The van der Waals surface area contributed by atoms with Crippen LogP contribution in [0, 0.1) is 0 Å². The minimum Gasteiger partial charge on any atom is -0.0830 e. The standard InChI is InChI=1S/C47H34/c1-47(2)43-27-34(20-23-40(43)41-24-21-36(28-44(41)47)38-15-7-9-29-8-3-4-14-37(29)38)33-12-6-13-35(26-33)39-22-18-32-17-16-30-10-5-11-31-19-25-42(39)46(32)45(30)31/h3-9,11-28,30H,10H2,1-2H3. The lowest BCUT2D eigenvalue weighted by Crippen LogP contribution is -2.15. The Kier molecular flexibility index (Phi) is 5.56. The molecule has 222 valence electrons. The minimum atomic E-state index is -0.101. The monoisotopic (exact) mass is 598 g/mol. The van der Waals surface area contributed by atoms with Gasteiger partial charge in [0, 0.05) is 11.3 Å². The van der Waals surface area contributed by atoms with Crippen molar-refractivity contribution in [1.82, 2.24) is 0 Å². The van der Waals surface area contributed by atoms with Crippen molar-refractivity contribution in [2.45, 2.75) is 31.6 Å². The van der Waals surface area contributed by atoms with Gasteiger partial charge in [0.25, 0.3) is 0 Å². The molecule has 0 aromatic heterocycles. The molecule has 0 fully saturated rings. The van der Waals surface area contributed by atoms with Gasteiger partial charge in [-0.15, -0.1) is 0 Å². The first-order valence-corrected chi connectivity index (χ1v) is 16.9. The van der Waals surface area contributed by atoms with Crippen molar-refractivity contribution in [3.8, 4) is 44.5 Å². The molecular formula is C47H34. The van der Waals surface area contributed by atoms with Crippen LogP contribution in [0.1, 0.15) is 54.0 Å². The highest BCUT2D eigenvalue weighted by Crippen LogP contribution is 2.51. The van der Waals surface area contributed by atoms with Crippen LogP contribution in [0.4, 0.5) is 0 Å². The number of hydrogen-bond donors (Lipinski definition) is 0. The lowest BCUT2D eigenvalue weighted by atomic mass is 9.77. The number of rotatable bonds is 3. The van der Waals surface area contributed by atoms with E-state index in [1.165, 1.54) is 93.9 Å². The second kappa shape index (κ2) is 9.77. The summed E-state index contributed by atoms with van der Waals surface area (Å²) >= 11 is 0. The highest BCUT2D eigenvalue weighted by Gasteiger charge is 2.36. The molecule has 0 saturated heterocycles. The van der Waals surface area contributed by atoms with E-state index < -0.39 is 0 Å². The van der Waals surface area contributed by atoms with E-state index in [-0.39, 0.29) is 5.41 Å². The van der Waals surface area contributed by atoms with E-state index in [2.05, 4.69) is 166 Å². The molecular weight excluding hydrogens is 565 g/mol. The molecule has 7 aromatic rings. The van der Waals surface area contributed by atoms with E-state index in [0.29, 0.717) is 5.92 Å². The first-order chi connectivity index (χ1) is 23.0. The van der Waals surface area contributed by atoms with Gasteiger partial charge in [-0.05, 0) is 118 Å². The molecule has 0 radical (unpaired) electrons. The summed E-state index contributed by atoms with van der Waals surface area (Å²) in [6, 6.07) is 48.0. The third-order valence-corrected chi connectivity index (χ3v) is 11.1. The molecule has 3 aliphatic rings. The number of allylic oxidation sites excluding steroid dienone is 2. The van der Waals surface area contributed by atoms with Crippen LogP contribution in [-0.4, -0.2) is 0 Å². The van der Waals surface area contributed by atoms with Gasteiger partial charge in [0.15, 0.2) is 0 Å². The molecule has 10 rings (SSSR count). The van der Waals surface area contributed by atoms with Crippen LogP contribution in [0.5, 0.6) is 0 Å². The van der Waals surface area contributed by atoms with Crippen LogP contribution in [0.25, 0.3) is 78.2 Å². The molecule has 7 aromatic carbocycles. The molecule has 3 aliphatic carbocycles. The Balaban J connectivity index is 1.06. The molecule has 1 unspecified atom stereocenters. The SMILES string of the molecule is CC1(C)c2cc(-c3cccc(-c4ccc5c6c7c(ccc46)C=CCC7C=C5)c3)ccc2-c2ccc(-c3cccc4ccccc34)cc21. The third-order valence-electron chi connectivity index (χ3n) is 11.1. The normalized spacial score (nSPS) is 16.4. The summed E-state index contributed by atoms with van der Waals surface area (Å²) in [5, 5.41) is 5.38. The molecule has 0 nitrogen and oxygen atoms in total. The van der Waals surface area contributed by atoms with E-state index >= 15 is 0 Å². The van der Waals surface area contributed by atoms with Gasteiger partial charge in [-0.1, -0.05) is 147 Å². The minimum absolute atomic E-state index is 0.101. The molecule has 0 heterocycles. The summed E-state index contributed by atoms with van der Waals surface area (Å²) in [7, 11) is 0. The lowest BCUT2D eigenvalue weighted by Gasteiger charge is -2.26. The molecule has 0 aliphatic heterocycles. The first kappa shape index (κ1) is 26.7. The number of benzene rings is 7. The van der Waals surface area contributed by atoms with Gasteiger partial charge in [-0.25, -0.2) is 0 Å². The van der Waals surface area contributed by atoms with E-state index in [0.717, 1.165) is 6.42 Å². The average molecular weight is 599 g/mol. The fourth-order valence-electron chi connectivity index (χ4n) is 8.73.